The van der Waals surface area contributed by atoms with Crippen LogP contribution in [0.4, 0.5) is 0 Å². The minimum atomic E-state index is 0.715. The number of hydrogen-bond donors (Lipinski definition) is 2. The average molecular weight is 128 g/mol. The monoisotopic (exact) mass is 128 g/mol. The molecule has 0 amide bonds. The van der Waals surface area contributed by atoms with Crippen LogP contribution in [0.15, 0.2) is 0 Å². The summed E-state index contributed by atoms with van der Waals surface area (Å²) in [5.41, 5.74) is 5.46. The standard InChI is InChI=1S/C7H16N2/c1-6(4-8)2-3-7-5-9-7/h6-7,9H,2-5,8H2,1H3. The summed E-state index contributed by atoms with van der Waals surface area (Å²) in [5, 5.41) is 3.27. The van der Waals surface area contributed by atoms with E-state index in [-0.39, 0.29) is 0 Å². The van der Waals surface area contributed by atoms with Gasteiger partial charge < -0.3 is 11.1 Å². The van der Waals surface area contributed by atoms with Gasteiger partial charge in [-0.05, 0) is 25.3 Å². The lowest BCUT2D eigenvalue weighted by atomic mass is 10.1. The summed E-state index contributed by atoms with van der Waals surface area (Å²) >= 11 is 0. The molecule has 1 heterocycles. The second-order valence-corrected chi connectivity index (χ2v) is 3.02. The van der Waals surface area contributed by atoms with Crippen LogP contribution in [-0.4, -0.2) is 19.1 Å². The van der Waals surface area contributed by atoms with Crippen molar-refractivity contribution >= 4 is 0 Å². The molecule has 54 valence electrons. The zero-order valence-electron chi connectivity index (χ0n) is 6.06. The highest BCUT2D eigenvalue weighted by atomic mass is 15.1. The molecule has 0 saturated carbocycles. The average Bonchev–Trinajstić information content (AvgIpc) is 2.65. The number of nitrogens with one attached hydrogen (secondary N) is 1. The largest absolute Gasteiger partial charge is 0.330 e. The zero-order chi connectivity index (χ0) is 6.69. The van der Waals surface area contributed by atoms with E-state index in [9.17, 15) is 0 Å². The van der Waals surface area contributed by atoms with Gasteiger partial charge in [-0.15, -0.1) is 0 Å². The van der Waals surface area contributed by atoms with Crippen molar-refractivity contribution in [2.45, 2.75) is 25.8 Å². The molecular formula is C7H16N2. The van der Waals surface area contributed by atoms with E-state index in [4.69, 9.17) is 5.73 Å². The fourth-order valence-electron chi connectivity index (χ4n) is 0.891. The van der Waals surface area contributed by atoms with Crippen molar-refractivity contribution < 1.29 is 0 Å². The smallest absolute Gasteiger partial charge is 0.0193 e. The van der Waals surface area contributed by atoms with Gasteiger partial charge >= 0.3 is 0 Å². The Balaban J connectivity index is 1.90. The molecule has 0 bridgehead atoms. The molecule has 0 aromatic carbocycles. The third kappa shape index (κ3) is 2.82. The summed E-state index contributed by atoms with van der Waals surface area (Å²) in [6.45, 7) is 4.28. The van der Waals surface area contributed by atoms with Crippen LogP contribution < -0.4 is 11.1 Å². The molecule has 2 unspecified atom stereocenters. The van der Waals surface area contributed by atoms with Crippen molar-refractivity contribution in [2.75, 3.05) is 13.1 Å². The first-order chi connectivity index (χ1) is 4.33. The van der Waals surface area contributed by atoms with E-state index < -0.39 is 0 Å². The first kappa shape index (κ1) is 7.03. The van der Waals surface area contributed by atoms with Crippen molar-refractivity contribution in [3.8, 4) is 0 Å². The Hall–Kier alpha value is -0.0800. The van der Waals surface area contributed by atoms with E-state index in [1.807, 2.05) is 0 Å². The highest BCUT2D eigenvalue weighted by Gasteiger charge is 2.19. The summed E-state index contributed by atoms with van der Waals surface area (Å²) in [7, 11) is 0. The number of hydrogen-bond acceptors (Lipinski definition) is 2. The maximum absolute atomic E-state index is 5.46. The van der Waals surface area contributed by atoms with Crippen LogP contribution in [0.25, 0.3) is 0 Å². The third-order valence-corrected chi connectivity index (χ3v) is 1.90. The van der Waals surface area contributed by atoms with Crippen LogP contribution in [-0.2, 0) is 0 Å². The Morgan fingerprint density at radius 2 is 2.44 bits per heavy atom. The minimum absolute atomic E-state index is 0.715. The van der Waals surface area contributed by atoms with Gasteiger partial charge in [-0.3, -0.25) is 0 Å². The fraction of sp³-hybridized carbons (Fsp3) is 1.00. The Morgan fingerprint density at radius 3 is 2.89 bits per heavy atom. The van der Waals surface area contributed by atoms with Crippen LogP contribution >= 0.6 is 0 Å². The van der Waals surface area contributed by atoms with Gasteiger partial charge in [-0.25, -0.2) is 0 Å². The highest BCUT2D eigenvalue weighted by Crippen LogP contribution is 2.11. The van der Waals surface area contributed by atoms with Gasteiger partial charge in [0.25, 0.3) is 0 Å². The maximum atomic E-state index is 5.46. The molecule has 2 nitrogen and oxygen atoms in total. The molecule has 2 heteroatoms. The minimum Gasteiger partial charge on any atom is -0.330 e. The van der Waals surface area contributed by atoms with Gasteiger partial charge in [-0.1, -0.05) is 6.92 Å². The van der Waals surface area contributed by atoms with Crippen LogP contribution in [0.5, 0.6) is 0 Å². The molecule has 1 saturated heterocycles. The molecule has 1 rings (SSSR count). The molecular weight excluding hydrogens is 112 g/mol. The number of rotatable bonds is 4. The number of nitrogens with two attached hydrogens (primary N) is 1. The lowest BCUT2D eigenvalue weighted by Crippen LogP contribution is -2.11. The van der Waals surface area contributed by atoms with E-state index in [1.54, 1.807) is 0 Å². The molecule has 0 radical (unpaired) electrons. The topological polar surface area (TPSA) is 48.0 Å². The second kappa shape index (κ2) is 3.18. The van der Waals surface area contributed by atoms with Crippen molar-refractivity contribution in [1.29, 1.82) is 0 Å². The predicted molar refractivity (Wildman–Crippen MR) is 39.2 cm³/mol. The van der Waals surface area contributed by atoms with Crippen molar-refractivity contribution in [3.05, 3.63) is 0 Å². The molecule has 0 aromatic rings. The molecule has 0 aromatic heterocycles. The summed E-state index contributed by atoms with van der Waals surface area (Å²) in [6.07, 6.45) is 2.60. The van der Waals surface area contributed by atoms with Crippen LogP contribution in [0.3, 0.4) is 0 Å². The Morgan fingerprint density at radius 1 is 1.78 bits per heavy atom. The lowest BCUT2D eigenvalue weighted by molar-refractivity contribution is 0.518. The molecule has 0 aliphatic carbocycles. The molecule has 2 atom stereocenters. The maximum Gasteiger partial charge on any atom is 0.0193 e. The van der Waals surface area contributed by atoms with Gasteiger partial charge in [0.05, 0.1) is 0 Å². The van der Waals surface area contributed by atoms with Crippen molar-refractivity contribution in [1.82, 2.24) is 5.32 Å². The molecule has 1 aliphatic rings. The molecule has 1 fully saturated rings. The first-order valence-electron chi connectivity index (χ1n) is 3.76. The summed E-state index contributed by atoms with van der Waals surface area (Å²) in [4.78, 5) is 0. The van der Waals surface area contributed by atoms with Crippen LogP contribution in [0.1, 0.15) is 19.8 Å². The normalized spacial score (nSPS) is 28.0. The van der Waals surface area contributed by atoms with Gasteiger partial charge in [-0.2, -0.15) is 0 Å². The van der Waals surface area contributed by atoms with Gasteiger partial charge in [0.2, 0.25) is 0 Å². The van der Waals surface area contributed by atoms with Crippen LogP contribution in [0.2, 0.25) is 0 Å². The van der Waals surface area contributed by atoms with Gasteiger partial charge in [0.1, 0.15) is 0 Å². The second-order valence-electron chi connectivity index (χ2n) is 3.02. The van der Waals surface area contributed by atoms with E-state index in [1.165, 1.54) is 19.4 Å². The Labute approximate surface area is 56.8 Å². The van der Waals surface area contributed by atoms with Crippen molar-refractivity contribution in [2.24, 2.45) is 11.7 Å². The van der Waals surface area contributed by atoms with Gasteiger partial charge in [0, 0.05) is 12.6 Å². The Bertz CT molecular complexity index is 79.0. The molecule has 1 aliphatic heterocycles. The summed E-state index contributed by atoms with van der Waals surface area (Å²) < 4.78 is 0. The quantitative estimate of drug-likeness (QED) is 0.536. The van der Waals surface area contributed by atoms with E-state index in [0.29, 0.717) is 5.92 Å². The van der Waals surface area contributed by atoms with E-state index in [2.05, 4.69) is 12.2 Å². The first-order valence-corrected chi connectivity index (χ1v) is 3.76. The molecule has 3 N–H and O–H groups in total. The van der Waals surface area contributed by atoms with Crippen molar-refractivity contribution in [3.63, 3.8) is 0 Å². The highest BCUT2D eigenvalue weighted by molar-refractivity contribution is 4.83. The third-order valence-electron chi connectivity index (χ3n) is 1.90. The summed E-state index contributed by atoms with van der Waals surface area (Å²) in [5.74, 6) is 0.715. The fourth-order valence-corrected chi connectivity index (χ4v) is 0.891. The van der Waals surface area contributed by atoms with E-state index >= 15 is 0 Å². The lowest BCUT2D eigenvalue weighted by Gasteiger charge is -2.04. The summed E-state index contributed by atoms with van der Waals surface area (Å²) in [6, 6.07) is 0.832. The van der Waals surface area contributed by atoms with E-state index in [0.717, 1.165) is 12.6 Å². The SMILES string of the molecule is CC(CN)CCC1CN1. The van der Waals surface area contributed by atoms with Crippen LogP contribution in [0, 0.1) is 5.92 Å². The molecule has 9 heavy (non-hydrogen) atoms. The Kier molecular flexibility index (Phi) is 2.49. The molecule has 0 spiro atoms. The predicted octanol–water partition coefficient (Wildman–Crippen LogP) is 0.333. The van der Waals surface area contributed by atoms with Gasteiger partial charge in [0.15, 0.2) is 0 Å². The zero-order valence-corrected chi connectivity index (χ0v) is 6.06.